The first-order chi connectivity index (χ1) is 20.8. The summed E-state index contributed by atoms with van der Waals surface area (Å²) in [5.74, 6) is -1.94. The SMILES string of the molecule is COc1ccc([C@@H]2C=C(c3ccccc3)NC(=O)[C@@]2(NC(=O)C(OC(=O)c2ccccc2)C(C)C)c2ccccc2)cc1. The molecule has 218 valence electrons. The molecule has 43 heavy (non-hydrogen) atoms. The molecule has 2 amide bonds. The van der Waals surface area contributed by atoms with Crippen LogP contribution < -0.4 is 15.4 Å². The zero-order valence-corrected chi connectivity index (χ0v) is 24.3. The molecule has 1 aliphatic heterocycles. The minimum Gasteiger partial charge on any atom is -0.497 e. The summed E-state index contributed by atoms with van der Waals surface area (Å²) in [5.41, 5.74) is 1.60. The number of carbonyl (C=O) groups is 3. The molecule has 0 aliphatic carbocycles. The molecule has 0 bridgehead atoms. The summed E-state index contributed by atoms with van der Waals surface area (Å²) in [6, 6.07) is 34.7. The Labute approximate surface area is 251 Å². The Morgan fingerprint density at radius 1 is 0.814 bits per heavy atom. The minimum absolute atomic E-state index is 0.334. The maximum Gasteiger partial charge on any atom is 0.338 e. The number of nitrogens with one attached hydrogen (secondary N) is 2. The minimum atomic E-state index is -1.57. The van der Waals surface area contributed by atoms with Gasteiger partial charge in [0, 0.05) is 11.6 Å². The summed E-state index contributed by atoms with van der Waals surface area (Å²) >= 11 is 0. The van der Waals surface area contributed by atoms with Crippen LogP contribution in [0, 0.1) is 5.92 Å². The number of amides is 2. The van der Waals surface area contributed by atoms with Gasteiger partial charge in [0.05, 0.1) is 12.7 Å². The first-order valence-electron chi connectivity index (χ1n) is 14.2. The molecule has 4 aromatic carbocycles. The van der Waals surface area contributed by atoms with Gasteiger partial charge in [-0.3, -0.25) is 9.59 Å². The second-order valence-corrected chi connectivity index (χ2v) is 10.8. The number of carbonyl (C=O) groups excluding carboxylic acids is 3. The zero-order chi connectivity index (χ0) is 30.4. The molecule has 0 spiro atoms. The van der Waals surface area contributed by atoms with Gasteiger partial charge in [0.2, 0.25) is 0 Å². The smallest absolute Gasteiger partial charge is 0.338 e. The summed E-state index contributed by atoms with van der Waals surface area (Å²) < 4.78 is 11.2. The van der Waals surface area contributed by atoms with Crippen LogP contribution in [0.25, 0.3) is 5.70 Å². The van der Waals surface area contributed by atoms with Gasteiger partial charge in [0.15, 0.2) is 11.6 Å². The summed E-state index contributed by atoms with van der Waals surface area (Å²) in [5, 5.41) is 6.14. The molecular formula is C36H34N2O5. The summed E-state index contributed by atoms with van der Waals surface area (Å²) in [4.78, 5) is 41.7. The Hall–Kier alpha value is -5.17. The Morgan fingerprint density at radius 3 is 1.98 bits per heavy atom. The number of methoxy groups -OCH3 is 1. The lowest BCUT2D eigenvalue weighted by Crippen LogP contribution is -2.63. The topological polar surface area (TPSA) is 93.7 Å². The third-order valence-corrected chi connectivity index (χ3v) is 7.62. The maximum absolute atomic E-state index is 14.5. The molecule has 0 fully saturated rings. The lowest BCUT2D eigenvalue weighted by Gasteiger charge is -2.43. The van der Waals surface area contributed by atoms with Crippen LogP contribution in [-0.2, 0) is 19.9 Å². The highest BCUT2D eigenvalue weighted by molar-refractivity contribution is 6.02. The molecule has 2 N–H and O–H groups in total. The summed E-state index contributed by atoms with van der Waals surface area (Å²) in [7, 11) is 1.59. The van der Waals surface area contributed by atoms with E-state index in [4.69, 9.17) is 9.47 Å². The van der Waals surface area contributed by atoms with Gasteiger partial charge in [-0.05, 0) is 52.9 Å². The van der Waals surface area contributed by atoms with Crippen LogP contribution in [0.4, 0.5) is 0 Å². The van der Waals surface area contributed by atoms with E-state index < -0.39 is 35.3 Å². The average molecular weight is 575 g/mol. The van der Waals surface area contributed by atoms with E-state index in [2.05, 4.69) is 10.6 Å². The van der Waals surface area contributed by atoms with Gasteiger partial charge >= 0.3 is 5.97 Å². The predicted molar refractivity (Wildman–Crippen MR) is 165 cm³/mol. The quantitative estimate of drug-likeness (QED) is 0.245. The van der Waals surface area contributed by atoms with Crippen LogP contribution in [0.15, 0.2) is 121 Å². The molecule has 4 aromatic rings. The first kappa shape index (κ1) is 29.3. The number of esters is 1. The fourth-order valence-corrected chi connectivity index (χ4v) is 5.37. The fourth-order valence-electron chi connectivity index (χ4n) is 5.37. The van der Waals surface area contributed by atoms with Crippen LogP contribution in [0.3, 0.4) is 0 Å². The van der Waals surface area contributed by atoms with E-state index >= 15 is 0 Å². The fraction of sp³-hybridized carbons (Fsp3) is 0.194. The highest BCUT2D eigenvalue weighted by atomic mass is 16.5. The van der Waals surface area contributed by atoms with Gasteiger partial charge in [-0.25, -0.2) is 4.79 Å². The van der Waals surface area contributed by atoms with Crippen molar-refractivity contribution >= 4 is 23.5 Å². The Kier molecular flexibility index (Phi) is 8.71. The predicted octanol–water partition coefficient (Wildman–Crippen LogP) is 5.84. The molecule has 1 unspecified atom stereocenters. The van der Waals surface area contributed by atoms with E-state index in [9.17, 15) is 14.4 Å². The van der Waals surface area contributed by atoms with Crippen molar-refractivity contribution in [2.45, 2.75) is 31.4 Å². The van der Waals surface area contributed by atoms with Crippen LogP contribution in [-0.4, -0.2) is 31.0 Å². The van der Waals surface area contributed by atoms with Crippen molar-refractivity contribution in [3.63, 3.8) is 0 Å². The highest BCUT2D eigenvalue weighted by Crippen LogP contribution is 2.43. The number of ether oxygens (including phenoxy) is 2. The first-order valence-corrected chi connectivity index (χ1v) is 14.2. The molecule has 5 rings (SSSR count). The lowest BCUT2D eigenvalue weighted by molar-refractivity contribution is -0.140. The third-order valence-electron chi connectivity index (χ3n) is 7.62. The van der Waals surface area contributed by atoms with Crippen LogP contribution >= 0.6 is 0 Å². The Balaban J connectivity index is 1.63. The van der Waals surface area contributed by atoms with Crippen LogP contribution in [0.2, 0.25) is 0 Å². The molecule has 1 heterocycles. The van der Waals surface area contributed by atoms with Gasteiger partial charge in [-0.2, -0.15) is 0 Å². The summed E-state index contributed by atoms with van der Waals surface area (Å²) in [6.07, 6.45) is 0.809. The zero-order valence-electron chi connectivity index (χ0n) is 24.3. The van der Waals surface area contributed by atoms with Crippen molar-refractivity contribution in [3.05, 3.63) is 144 Å². The van der Waals surface area contributed by atoms with Crippen LogP contribution in [0.1, 0.15) is 46.8 Å². The molecule has 0 saturated carbocycles. The van der Waals surface area contributed by atoms with Gasteiger partial charge in [0.25, 0.3) is 11.8 Å². The molecular weight excluding hydrogens is 540 g/mol. The lowest BCUT2D eigenvalue weighted by atomic mass is 9.71. The molecule has 1 aliphatic rings. The molecule has 0 saturated heterocycles. The Bertz CT molecular complexity index is 1600. The molecule has 3 atom stereocenters. The molecule has 0 aromatic heterocycles. The van der Waals surface area contributed by atoms with Crippen molar-refractivity contribution < 1.29 is 23.9 Å². The van der Waals surface area contributed by atoms with Crippen LogP contribution in [0.5, 0.6) is 5.75 Å². The Morgan fingerprint density at radius 2 is 1.40 bits per heavy atom. The second-order valence-electron chi connectivity index (χ2n) is 10.8. The van der Waals surface area contributed by atoms with Gasteiger partial charge < -0.3 is 20.1 Å². The van der Waals surface area contributed by atoms with E-state index in [1.54, 1.807) is 51.3 Å². The van der Waals surface area contributed by atoms with E-state index in [1.807, 2.05) is 91.0 Å². The largest absolute Gasteiger partial charge is 0.497 e. The number of benzene rings is 4. The number of rotatable bonds is 9. The van der Waals surface area contributed by atoms with E-state index in [0.717, 1.165) is 11.1 Å². The van der Waals surface area contributed by atoms with Crippen molar-refractivity contribution in [3.8, 4) is 5.75 Å². The van der Waals surface area contributed by atoms with Crippen molar-refractivity contribution in [2.75, 3.05) is 7.11 Å². The second kappa shape index (κ2) is 12.8. The van der Waals surface area contributed by atoms with E-state index in [1.165, 1.54) is 0 Å². The van der Waals surface area contributed by atoms with Gasteiger partial charge in [0.1, 0.15) is 5.75 Å². The number of hydrogen-bond acceptors (Lipinski definition) is 5. The third kappa shape index (κ3) is 6.06. The van der Waals surface area contributed by atoms with E-state index in [-0.39, 0.29) is 5.92 Å². The van der Waals surface area contributed by atoms with Crippen molar-refractivity contribution in [1.82, 2.24) is 10.6 Å². The molecule has 7 heteroatoms. The van der Waals surface area contributed by atoms with Gasteiger partial charge in [-0.1, -0.05) is 105 Å². The van der Waals surface area contributed by atoms with Crippen molar-refractivity contribution in [1.29, 1.82) is 0 Å². The maximum atomic E-state index is 14.5. The standard InChI is InChI=1S/C36H34N2O5/c1-24(2)32(43-34(40)27-15-9-5-10-16-27)33(39)38-36(28-17-11-6-12-18-28)30(25-19-21-29(42-3)22-20-25)23-31(37-35(36)41)26-13-7-4-8-14-26/h4-24,30,32H,1-3H3,(H,37,41)(H,38,39)/t30-,32?,36+/m0/s1. The number of hydrogen-bond donors (Lipinski definition) is 2. The highest BCUT2D eigenvalue weighted by Gasteiger charge is 2.52. The summed E-state index contributed by atoms with van der Waals surface area (Å²) in [6.45, 7) is 3.60. The van der Waals surface area contributed by atoms with Crippen molar-refractivity contribution in [2.24, 2.45) is 5.92 Å². The monoisotopic (exact) mass is 574 g/mol. The van der Waals surface area contributed by atoms with E-state index in [0.29, 0.717) is 22.6 Å². The normalized spacial score (nSPS) is 18.7. The molecule has 7 nitrogen and oxygen atoms in total. The van der Waals surface area contributed by atoms with Gasteiger partial charge in [-0.15, -0.1) is 0 Å². The average Bonchev–Trinajstić information content (AvgIpc) is 3.05. The molecule has 0 radical (unpaired) electrons.